The fraction of sp³-hybridized carbons (Fsp3) is 0.174. The van der Waals surface area contributed by atoms with Gasteiger partial charge in [0.25, 0.3) is 5.91 Å². The first kappa shape index (κ1) is 27.7. The van der Waals surface area contributed by atoms with Crippen molar-refractivity contribution in [2.45, 2.75) is 6.42 Å². The number of carbonyl (C=O) groups excluding carboxylic acids is 1. The van der Waals surface area contributed by atoms with Gasteiger partial charge >= 0.3 is 0 Å². The number of nitrogens with two attached hydrogens (primary N) is 1. The highest BCUT2D eigenvalue weighted by molar-refractivity contribution is 14.1. The van der Waals surface area contributed by atoms with Gasteiger partial charge in [0.05, 0.1) is 35.0 Å². The molecule has 0 heterocycles. The van der Waals surface area contributed by atoms with E-state index in [1.807, 2.05) is 22.6 Å². The molecule has 3 aromatic rings. The van der Waals surface area contributed by atoms with Crippen LogP contribution in [0.1, 0.15) is 21.5 Å². The minimum Gasteiger partial charge on any atom is -0.384 e. The first-order valence-corrected chi connectivity index (χ1v) is 13.0. The Kier molecular flexibility index (Phi) is 8.79. The standard InChI is InChI=1S/C23H20F4IN3O4S/c1-35-7-8-36(33,34)31-18-4-2-3-12(19(18)25)9-13-10-15(23(29)32)22(21(27)20(13)26)30-17-6-5-14(28)11-16(17)24/h2-6,10-11,30-31H,7-9H2,1H3,(H2,29,32). The van der Waals surface area contributed by atoms with Crippen molar-refractivity contribution >= 4 is 55.6 Å². The number of sulfonamides is 1. The van der Waals surface area contributed by atoms with E-state index in [1.165, 1.54) is 31.4 Å². The summed E-state index contributed by atoms with van der Waals surface area (Å²) in [6.07, 6.45) is -0.541. The highest BCUT2D eigenvalue weighted by Gasteiger charge is 2.24. The summed E-state index contributed by atoms with van der Waals surface area (Å²) in [6, 6.07) is 8.61. The molecule has 7 nitrogen and oxygen atoms in total. The summed E-state index contributed by atoms with van der Waals surface area (Å²) in [6.45, 7) is -0.122. The SMILES string of the molecule is COCCS(=O)(=O)Nc1cccc(Cc2cc(C(N)=O)c(Nc3ccc(I)cc3F)c(F)c2F)c1F. The summed E-state index contributed by atoms with van der Waals surface area (Å²) in [7, 11) is -2.62. The van der Waals surface area contributed by atoms with Crippen LogP contribution in [-0.4, -0.2) is 33.8 Å². The van der Waals surface area contributed by atoms with Crippen LogP contribution in [0, 0.1) is 26.8 Å². The van der Waals surface area contributed by atoms with E-state index in [0.717, 1.165) is 18.2 Å². The van der Waals surface area contributed by atoms with Crippen LogP contribution >= 0.6 is 22.6 Å². The fourth-order valence-electron chi connectivity index (χ4n) is 3.26. The molecule has 0 aliphatic rings. The average Bonchev–Trinajstić information content (AvgIpc) is 2.81. The molecule has 1 amide bonds. The number of methoxy groups -OCH3 is 1. The van der Waals surface area contributed by atoms with E-state index in [2.05, 4.69) is 10.0 Å². The second-order valence-electron chi connectivity index (χ2n) is 7.57. The molecule has 0 atom stereocenters. The van der Waals surface area contributed by atoms with E-state index in [9.17, 15) is 22.0 Å². The van der Waals surface area contributed by atoms with Gasteiger partial charge in [0, 0.05) is 17.1 Å². The molecule has 0 unspecified atom stereocenters. The zero-order valence-electron chi connectivity index (χ0n) is 18.7. The molecule has 192 valence electrons. The lowest BCUT2D eigenvalue weighted by molar-refractivity contribution is 0.100. The van der Waals surface area contributed by atoms with Gasteiger partial charge in [-0.2, -0.15) is 0 Å². The normalized spacial score (nSPS) is 11.4. The number of hydrogen-bond acceptors (Lipinski definition) is 5. The van der Waals surface area contributed by atoms with Crippen molar-refractivity contribution in [3.05, 3.63) is 86.0 Å². The third-order valence-electron chi connectivity index (χ3n) is 5.02. The van der Waals surface area contributed by atoms with E-state index in [1.54, 1.807) is 0 Å². The second kappa shape index (κ2) is 11.4. The molecule has 0 saturated carbocycles. The molecule has 0 aromatic heterocycles. The van der Waals surface area contributed by atoms with E-state index < -0.39 is 73.9 Å². The molecule has 0 bridgehead atoms. The monoisotopic (exact) mass is 637 g/mol. The van der Waals surface area contributed by atoms with E-state index in [-0.39, 0.29) is 17.9 Å². The lowest BCUT2D eigenvalue weighted by atomic mass is 9.99. The van der Waals surface area contributed by atoms with E-state index in [0.29, 0.717) is 3.57 Å². The van der Waals surface area contributed by atoms with Crippen molar-refractivity contribution in [3.63, 3.8) is 0 Å². The third-order valence-corrected chi connectivity index (χ3v) is 6.93. The van der Waals surface area contributed by atoms with Gasteiger partial charge in [-0.1, -0.05) is 12.1 Å². The Labute approximate surface area is 218 Å². The Hall–Kier alpha value is -2.91. The molecule has 3 rings (SSSR count). The Balaban J connectivity index is 1.99. The number of primary amides is 1. The average molecular weight is 637 g/mol. The maximum Gasteiger partial charge on any atom is 0.250 e. The molecule has 3 aromatic carbocycles. The van der Waals surface area contributed by atoms with Gasteiger partial charge in [0.2, 0.25) is 10.0 Å². The summed E-state index contributed by atoms with van der Waals surface area (Å²) in [5.74, 6) is -6.28. The summed E-state index contributed by atoms with van der Waals surface area (Å²) in [5, 5.41) is 2.36. The Bertz CT molecular complexity index is 1420. The number of benzene rings is 3. The van der Waals surface area contributed by atoms with Crippen LogP contribution in [0.15, 0.2) is 42.5 Å². The molecule has 0 spiro atoms. The number of nitrogens with one attached hydrogen (secondary N) is 2. The predicted molar refractivity (Wildman–Crippen MR) is 136 cm³/mol. The number of halogens is 5. The first-order chi connectivity index (χ1) is 16.9. The number of anilines is 3. The van der Waals surface area contributed by atoms with Crippen LogP contribution in [-0.2, 0) is 21.2 Å². The maximum absolute atomic E-state index is 15.0. The molecule has 13 heteroatoms. The molecule has 0 aliphatic heterocycles. The van der Waals surface area contributed by atoms with Crippen molar-refractivity contribution in [3.8, 4) is 0 Å². The topological polar surface area (TPSA) is 111 Å². The molecule has 0 saturated heterocycles. The van der Waals surface area contributed by atoms with Crippen molar-refractivity contribution in [2.75, 3.05) is 29.5 Å². The largest absolute Gasteiger partial charge is 0.384 e. The zero-order chi connectivity index (χ0) is 26.6. The number of hydrogen-bond donors (Lipinski definition) is 3. The van der Waals surface area contributed by atoms with Gasteiger partial charge in [-0.15, -0.1) is 0 Å². The van der Waals surface area contributed by atoms with Crippen LogP contribution in [0.3, 0.4) is 0 Å². The predicted octanol–water partition coefficient (Wildman–Crippen LogP) is 4.67. The summed E-state index contributed by atoms with van der Waals surface area (Å²) >= 11 is 1.86. The Morgan fingerprint density at radius 3 is 2.36 bits per heavy atom. The summed E-state index contributed by atoms with van der Waals surface area (Å²) in [4.78, 5) is 12.0. The highest BCUT2D eigenvalue weighted by atomic mass is 127. The van der Waals surface area contributed by atoms with Gasteiger partial charge < -0.3 is 15.8 Å². The van der Waals surface area contributed by atoms with Crippen molar-refractivity contribution in [1.29, 1.82) is 0 Å². The number of rotatable bonds is 10. The van der Waals surface area contributed by atoms with Crippen molar-refractivity contribution in [2.24, 2.45) is 5.73 Å². The molecular weight excluding hydrogens is 617 g/mol. The van der Waals surface area contributed by atoms with Gasteiger partial charge in [-0.05, 0) is 64.0 Å². The van der Waals surface area contributed by atoms with Crippen molar-refractivity contribution in [1.82, 2.24) is 0 Å². The van der Waals surface area contributed by atoms with Crippen LogP contribution in [0.25, 0.3) is 0 Å². The summed E-state index contributed by atoms with van der Waals surface area (Å²) in [5.41, 5.74) is 2.97. The fourth-order valence-corrected chi connectivity index (χ4v) is 4.70. The first-order valence-electron chi connectivity index (χ1n) is 10.2. The number of carbonyl (C=O) groups is 1. The van der Waals surface area contributed by atoms with Crippen LogP contribution in [0.2, 0.25) is 0 Å². The third kappa shape index (κ3) is 6.44. The Morgan fingerprint density at radius 2 is 1.72 bits per heavy atom. The van der Waals surface area contributed by atoms with Crippen molar-refractivity contribution < 1.29 is 35.5 Å². The molecule has 0 aliphatic carbocycles. The molecule has 0 radical (unpaired) electrons. The molecular formula is C23H20F4IN3O4S. The van der Waals surface area contributed by atoms with Gasteiger partial charge in [0.1, 0.15) is 5.82 Å². The van der Waals surface area contributed by atoms with Crippen LogP contribution in [0.4, 0.5) is 34.6 Å². The Morgan fingerprint density at radius 1 is 1.00 bits per heavy atom. The second-order valence-corrected chi connectivity index (χ2v) is 10.7. The minimum absolute atomic E-state index is 0.122. The minimum atomic E-state index is -3.93. The zero-order valence-corrected chi connectivity index (χ0v) is 21.6. The summed E-state index contributed by atoms with van der Waals surface area (Å²) < 4.78 is 90.8. The van der Waals surface area contributed by atoms with Crippen LogP contribution < -0.4 is 15.8 Å². The van der Waals surface area contributed by atoms with Crippen LogP contribution in [0.5, 0.6) is 0 Å². The highest BCUT2D eigenvalue weighted by Crippen LogP contribution is 2.32. The van der Waals surface area contributed by atoms with Gasteiger partial charge in [-0.25, -0.2) is 26.0 Å². The number of amides is 1. The smallest absolute Gasteiger partial charge is 0.250 e. The van der Waals surface area contributed by atoms with E-state index >= 15 is 8.78 Å². The number of ether oxygens (including phenoxy) is 1. The molecule has 36 heavy (non-hydrogen) atoms. The van der Waals surface area contributed by atoms with Gasteiger partial charge in [-0.3, -0.25) is 9.52 Å². The van der Waals surface area contributed by atoms with E-state index in [4.69, 9.17) is 10.5 Å². The molecule has 4 N–H and O–H groups in total. The quantitative estimate of drug-likeness (QED) is 0.221. The lowest BCUT2D eigenvalue weighted by Gasteiger charge is -2.16. The molecule has 0 fully saturated rings. The van der Waals surface area contributed by atoms with Gasteiger partial charge in [0.15, 0.2) is 17.5 Å². The maximum atomic E-state index is 15.0. The lowest BCUT2D eigenvalue weighted by Crippen LogP contribution is -2.20.